The van der Waals surface area contributed by atoms with Gasteiger partial charge in [0.2, 0.25) is 0 Å². The van der Waals surface area contributed by atoms with E-state index in [0.29, 0.717) is 34.8 Å². The summed E-state index contributed by atoms with van der Waals surface area (Å²) in [6.45, 7) is 15.9. The van der Waals surface area contributed by atoms with Gasteiger partial charge in [-0.2, -0.15) is 0 Å². The Bertz CT molecular complexity index is 1840. The molecule has 336 valence electrons. The molecule has 4 nitrogen and oxygen atoms in total. The Balaban J connectivity index is 0.000000207. The maximum absolute atomic E-state index is 11.6. The van der Waals surface area contributed by atoms with Crippen molar-refractivity contribution in [3.63, 3.8) is 0 Å². The van der Waals surface area contributed by atoms with E-state index in [9.17, 15) is 20.1 Å². The monoisotopic (exact) mass is 833 g/mol. The third-order valence-corrected chi connectivity index (χ3v) is 18.3. The first-order valence-electron chi connectivity index (χ1n) is 25.5. The Kier molecular flexibility index (Phi) is 15.4. The van der Waals surface area contributed by atoms with Crippen LogP contribution in [0.3, 0.4) is 0 Å². The van der Waals surface area contributed by atoms with Gasteiger partial charge in [0.1, 0.15) is 5.75 Å². The molecule has 6 aliphatic carbocycles. The number of hydrogen-bond donors (Lipinski definition) is 3. The number of aliphatic hydroxyl groups excluding tert-OH is 1. The van der Waals surface area contributed by atoms with Crippen LogP contribution in [0.25, 0.3) is 5.57 Å². The molecule has 3 fully saturated rings. The van der Waals surface area contributed by atoms with Crippen molar-refractivity contribution in [3.8, 4) is 5.75 Å². The van der Waals surface area contributed by atoms with Crippen LogP contribution < -0.4 is 0 Å². The number of hydrogen-bond acceptors (Lipinski definition) is 3. The lowest BCUT2D eigenvalue weighted by Crippen LogP contribution is -2.47. The molecule has 0 heterocycles. The summed E-state index contributed by atoms with van der Waals surface area (Å²) in [6.07, 6.45) is 30.0. The maximum atomic E-state index is 11.6. The van der Waals surface area contributed by atoms with E-state index in [4.69, 9.17) is 0 Å². The van der Waals surface area contributed by atoms with Crippen molar-refractivity contribution in [1.29, 1.82) is 0 Å². The minimum atomic E-state index is -0.602. The van der Waals surface area contributed by atoms with E-state index >= 15 is 0 Å². The zero-order chi connectivity index (χ0) is 43.3. The van der Waals surface area contributed by atoms with Crippen molar-refractivity contribution >= 4 is 11.5 Å². The molecule has 2 aromatic carbocycles. The van der Waals surface area contributed by atoms with Crippen LogP contribution in [-0.2, 0) is 17.6 Å². The molecule has 0 spiro atoms. The van der Waals surface area contributed by atoms with Crippen molar-refractivity contribution in [3.05, 3.63) is 82.4 Å². The average Bonchev–Trinajstić information content (AvgIpc) is 3.71. The fourth-order valence-electron chi connectivity index (χ4n) is 14.9. The summed E-state index contributed by atoms with van der Waals surface area (Å²) in [7, 11) is 0. The normalized spacial score (nSPS) is 32.6. The molecular weight excluding hydrogens is 749 g/mol. The van der Waals surface area contributed by atoms with Gasteiger partial charge in [-0.05, 0) is 189 Å². The number of phenolic OH excluding ortho intramolecular Hbond substituents is 1. The van der Waals surface area contributed by atoms with Gasteiger partial charge in [-0.15, -0.1) is 6.58 Å². The van der Waals surface area contributed by atoms with Crippen molar-refractivity contribution in [2.24, 2.45) is 52.3 Å². The van der Waals surface area contributed by atoms with Crippen molar-refractivity contribution in [2.45, 2.75) is 201 Å². The van der Waals surface area contributed by atoms with Gasteiger partial charge in [0.25, 0.3) is 0 Å². The number of benzene rings is 2. The van der Waals surface area contributed by atoms with Gasteiger partial charge in [-0.3, -0.25) is 4.79 Å². The minimum Gasteiger partial charge on any atom is -0.508 e. The molecule has 0 aromatic heterocycles. The number of fused-ring (bicyclic) bond motifs is 10. The molecule has 0 bridgehead atoms. The van der Waals surface area contributed by atoms with Crippen LogP contribution in [0.2, 0.25) is 0 Å². The van der Waals surface area contributed by atoms with Crippen LogP contribution in [0, 0.1) is 59.2 Å². The van der Waals surface area contributed by atoms with Gasteiger partial charge in [-0.1, -0.05) is 133 Å². The number of aromatic hydroxyl groups is 1. The lowest BCUT2D eigenvalue weighted by atomic mass is 9.51. The van der Waals surface area contributed by atoms with E-state index in [1.54, 1.807) is 22.3 Å². The molecule has 4 heteroatoms. The number of phenols is 1. The van der Waals surface area contributed by atoms with Crippen molar-refractivity contribution < 1.29 is 20.1 Å². The number of unbranched alkanes of at least 4 members (excludes halogenated alkanes) is 8. The van der Waals surface area contributed by atoms with Crippen LogP contribution >= 0.6 is 0 Å². The number of rotatable bonds is 17. The molecule has 0 amide bonds. The second kappa shape index (κ2) is 20.3. The SMILES string of the molecule is C=CCC1=C2c3ccc(C)cc3CCC2C2CC[C@H](C)[C@@]2(C)C1.CCCCCCC(CCCCCCCC[C@H]1C[C@@]2(C)C(CC[C@@H]2O)C2CCc3cc(O)ccc3C21)C(=O)O. The summed E-state index contributed by atoms with van der Waals surface area (Å²) in [5.74, 6) is 4.68. The van der Waals surface area contributed by atoms with Crippen LogP contribution in [-0.4, -0.2) is 27.4 Å². The Morgan fingerprint density at radius 1 is 0.836 bits per heavy atom. The molecule has 8 rings (SSSR count). The molecule has 0 saturated heterocycles. The number of allylic oxidation sites excluding steroid dienone is 3. The van der Waals surface area contributed by atoms with E-state index in [2.05, 4.69) is 71.5 Å². The molecular formula is C57H84O4. The predicted molar refractivity (Wildman–Crippen MR) is 254 cm³/mol. The molecule has 0 aliphatic heterocycles. The van der Waals surface area contributed by atoms with Gasteiger partial charge in [0.15, 0.2) is 0 Å². The van der Waals surface area contributed by atoms with Crippen LogP contribution in [0.15, 0.2) is 54.6 Å². The smallest absolute Gasteiger partial charge is 0.306 e. The molecule has 2 aromatic rings. The lowest BCUT2D eigenvalue weighted by molar-refractivity contribution is -0.142. The molecule has 6 aliphatic rings. The standard InChI is InChI=1S/C34H54O4.C23H30/c1-3-4-5-10-13-24(33(37)38)14-11-8-6-7-9-12-15-26-23-34(2)30(20-21-31(34)36)29-18-16-25-22-27(35)17-19-28(25)32(26)29;1-5-6-18-14-23(4)16(3)8-12-21(23)20-11-9-17-13-15(2)7-10-19(17)22(18)20/h17,19,22,24,26,29-32,35-36H,3-16,18,20-21,23H2,1-2H3,(H,37,38);5,7,10,13,16,20-21H,1,6,8-9,11-12,14H2,2-4H3/t24?,26-,29?,30?,31-,32?,34-;16-,20?,21?,23+/m00/s1. The first-order chi connectivity index (χ1) is 29.4. The average molecular weight is 833 g/mol. The van der Waals surface area contributed by atoms with E-state index in [1.165, 1.54) is 107 Å². The van der Waals surface area contributed by atoms with Gasteiger partial charge in [0, 0.05) is 0 Å². The van der Waals surface area contributed by atoms with Gasteiger partial charge >= 0.3 is 5.97 Å². The number of carboxylic acids is 1. The fraction of sp³-hybridized carbons (Fsp3) is 0.702. The molecule has 61 heavy (non-hydrogen) atoms. The quantitative estimate of drug-likeness (QED) is 0.110. The zero-order valence-electron chi connectivity index (χ0n) is 39.2. The Morgan fingerprint density at radius 2 is 1.54 bits per heavy atom. The first-order valence-corrected chi connectivity index (χ1v) is 25.5. The number of aliphatic carboxylic acids is 1. The maximum Gasteiger partial charge on any atom is 0.306 e. The minimum absolute atomic E-state index is 0.0669. The number of carboxylic acid groups (broad SMARTS) is 1. The zero-order valence-corrected chi connectivity index (χ0v) is 39.2. The number of aliphatic hydroxyl groups is 1. The highest BCUT2D eigenvalue weighted by molar-refractivity contribution is 5.76. The highest BCUT2D eigenvalue weighted by atomic mass is 16.4. The highest BCUT2D eigenvalue weighted by Gasteiger charge is 2.57. The van der Waals surface area contributed by atoms with E-state index in [0.717, 1.165) is 82.0 Å². The van der Waals surface area contributed by atoms with Crippen LogP contribution in [0.5, 0.6) is 5.75 Å². The lowest BCUT2D eigenvalue weighted by Gasteiger charge is -2.54. The van der Waals surface area contributed by atoms with E-state index in [-0.39, 0.29) is 17.4 Å². The predicted octanol–water partition coefficient (Wildman–Crippen LogP) is 15.0. The Labute approximate surface area is 371 Å². The van der Waals surface area contributed by atoms with Crippen LogP contribution in [0.4, 0.5) is 0 Å². The molecule has 3 N–H and O–H groups in total. The van der Waals surface area contributed by atoms with Gasteiger partial charge < -0.3 is 15.3 Å². The van der Waals surface area contributed by atoms with Crippen molar-refractivity contribution in [2.75, 3.05) is 0 Å². The van der Waals surface area contributed by atoms with E-state index in [1.807, 2.05) is 12.1 Å². The summed E-state index contributed by atoms with van der Waals surface area (Å²) in [6, 6.07) is 13.2. The van der Waals surface area contributed by atoms with Gasteiger partial charge in [0.05, 0.1) is 12.0 Å². The second-order valence-electron chi connectivity index (χ2n) is 21.9. The second-order valence-corrected chi connectivity index (χ2v) is 21.9. The molecule has 3 saturated carbocycles. The topological polar surface area (TPSA) is 77.8 Å². The third-order valence-electron chi connectivity index (χ3n) is 18.3. The Hall–Kier alpha value is -2.85. The number of carbonyl (C=O) groups is 1. The summed E-state index contributed by atoms with van der Waals surface area (Å²) >= 11 is 0. The fourth-order valence-corrected chi connectivity index (χ4v) is 14.9. The summed E-state index contributed by atoms with van der Waals surface area (Å²) in [5.41, 5.74) is 11.4. The largest absolute Gasteiger partial charge is 0.508 e. The number of aryl methyl sites for hydroxylation is 3. The van der Waals surface area contributed by atoms with Gasteiger partial charge in [-0.25, -0.2) is 0 Å². The van der Waals surface area contributed by atoms with E-state index < -0.39 is 5.97 Å². The third kappa shape index (κ3) is 9.80. The molecule has 11 atom stereocenters. The van der Waals surface area contributed by atoms with Crippen molar-refractivity contribution in [1.82, 2.24) is 0 Å². The molecule has 0 radical (unpaired) electrons. The summed E-state index contributed by atoms with van der Waals surface area (Å²) in [4.78, 5) is 11.6. The van der Waals surface area contributed by atoms with Crippen LogP contribution in [0.1, 0.15) is 203 Å². The summed E-state index contributed by atoms with van der Waals surface area (Å²) < 4.78 is 0. The Morgan fingerprint density at radius 3 is 2.28 bits per heavy atom. The summed E-state index contributed by atoms with van der Waals surface area (Å²) in [5, 5.41) is 30.6. The highest BCUT2D eigenvalue weighted by Crippen LogP contribution is 2.65. The molecule has 6 unspecified atom stereocenters. The first kappa shape index (κ1) is 46.2.